The molecule has 3 atom stereocenters. The second-order valence-corrected chi connectivity index (χ2v) is 9.63. The number of carboxylic acid groups (broad SMARTS) is 1. The monoisotopic (exact) mass is 532 g/mol. The van der Waals surface area contributed by atoms with Crippen LogP contribution in [0.3, 0.4) is 0 Å². The van der Waals surface area contributed by atoms with Crippen molar-refractivity contribution in [2.45, 2.75) is 25.3 Å². The molecule has 0 aliphatic carbocycles. The lowest BCUT2D eigenvalue weighted by molar-refractivity contribution is -0.143. The van der Waals surface area contributed by atoms with Crippen LogP contribution in [-0.2, 0) is 16.0 Å². The number of aryl methyl sites for hydroxylation is 1. The van der Waals surface area contributed by atoms with Gasteiger partial charge in [0.15, 0.2) is 11.5 Å². The van der Waals surface area contributed by atoms with Crippen LogP contribution in [0.2, 0.25) is 0 Å². The van der Waals surface area contributed by atoms with Crippen LogP contribution in [0.25, 0.3) is 0 Å². The number of likely N-dealkylation sites (tertiary alicyclic amines) is 1. The maximum absolute atomic E-state index is 13.4. The molecular formula is C30H32N2O7. The molecule has 2 aliphatic heterocycles. The zero-order valence-electron chi connectivity index (χ0n) is 22.2. The Kier molecular flexibility index (Phi) is 7.60. The third-order valence-electron chi connectivity index (χ3n) is 7.49. The van der Waals surface area contributed by atoms with Crippen LogP contribution in [0.5, 0.6) is 23.0 Å². The molecule has 39 heavy (non-hydrogen) atoms. The lowest BCUT2D eigenvalue weighted by Gasteiger charge is -2.27. The van der Waals surface area contributed by atoms with Crippen molar-refractivity contribution in [3.8, 4) is 23.0 Å². The molecule has 3 aromatic carbocycles. The number of hydrogen-bond acceptors (Lipinski definition) is 7. The molecule has 0 radical (unpaired) electrons. The van der Waals surface area contributed by atoms with E-state index in [0.29, 0.717) is 35.2 Å². The highest BCUT2D eigenvalue weighted by atomic mass is 16.7. The Morgan fingerprint density at radius 2 is 1.74 bits per heavy atom. The molecule has 0 spiro atoms. The van der Waals surface area contributed by atoms with Crippen LogP contribution in [0.15, 0.2) is 60.7 Å². The number of anilines is 1. The van der Waals surface area contributed by atoms with E-state index >= 15 is 0 Å². The number of hydrogen-bond donors (Lipinski definition) is 2. The fourth-order valence-corrected chi connectivity index (χ4v) is 5.62. The Hall–Kier alpha value is -4.24. The Labute approximate surface area is 227 Å². The number of amides is 1. The Bertz CT molecular complexity index is 1340. The molecule has 0 bridgehead atoms. The number of carbonyl (C=O) groups excluding carboxylic acids is 1. The number of benzene rings is 3. The van der Waals surface area contributed by atoms with E-state index in [2.05, 4.69) is 5.32 Å². The van der Waals surface area contributed by atoms with Crippen LogP contribution in [0.4, 0.5) is 5.69 Å². The van der Waals surface area contributed by atoms with Crippen molar-refractivity contribution in [2.75, 3.05) is 39.4 Å². The molecular weight excluding hydrogens is 500 g/mol. The smallest absolute Gasteiger partial charge is 0.309 e. The summed E-state index contributed by atoms with van der Waals surface area (Å²) in [5.74, 6) is 0.120. The fourth-order valence-electron chi connectivity index (χ4n) is 5.62. The van der Waals surface area contributed by atoms with Crippen LogP contribution in [0, 0.1) is 5.92 Å². The van der Waals surface area contributed by atoms with Gasteiger partial charge in [-0.2, -0.15) is 0 Å². The van der Waals surface area contributed by atoms with Gasteiger partial charge in [-0.1, -0.05) is 37.3 Å². The summed E-state index contributed by atoms with van der Waals surface area (Å²) in [5, 5.41) is 13.5. The highest BCUT2D eigenvalue weighted by molar-refractivity contribution is 5.94. The maximum Gasteiger partial charge on any atom is 0.309 e. The molecule has 9 heteroatoms. The first kappa shape index (κ1) is 26.4. The minimum absolute atomic E-state index is 0.00271. The molecule has 1 fully saturated rings. The SMILES string of the molecule is CCc1cccc(OC)c1NC(=O)CN1C[C@@H](c2ccc3c(c2)OCO3)[C@H](C(=O)O)[C@H]1c1ccc(OC)cc1. The van der Waals surface area contributed by atoms with E-state index in [1.807, 2.05) is 66.4 Å². The van der Waals surface area contributed by atoms with E-state index in [4.69, 9.17) is 18.9 Å². The van der Waals surface area contributed by atoms with E-state index < -0.39 is 17.9 Å². The molecule has 0 saturated carbocycles. The third-order valence-corrected chi connectivity index (χ3v) is 7.49. The van der Waals surface area contributed by atoms with Gasteiger partial charge < -0.3 is 29.4 Å². The number of aliphatic carboxylic acids is 1. The number of nitrogens with zero attached hydrogens (tertiary/aromatic N) is 1. The van der Waals surface area contributed by atoms with E-state index in [0.717, 1.165) is 23.1 Å². The highest BCUT2D eigenvalue weighted by Gasteiger charge is 2.48. The summed E-state index contributed by atoms with van der Waals surface area (Å²) in [7, 11) is 3.15. The lowest BCUT2D eigenvalue weighted by atomic mass is 9.82. The van der Waals surface area contributed by atoms with Gasteiger partial charge in [-0.15, -0.1) is 0 Å². The number of carboxylic acids is 1. The molecule has 5 rings (SSSR count). The summed E-state index contributed by atoms with van der Waals surface area (Å²) in [6.07, 6.45) is 0.721. The summed E-state index contributed by atoms with van der Waals surface area (Å²) in [6, 6.07) is 18.0. The third kappa shape index (κ3) is 5.22. The summed E-state index contributed by atoms with van der Waals surface area (Å²) in [5.41, 5.74) is 3.21. The molecule has 1 amide bonds. The number of para-hydroxylation sites is 1. The summed E-state index contributed by atoms with van der Waals surface area (Å²) in [4.78, 5) is 28.2. The van der Waals surface area contributed by atoms with Crippen molar-refractivity contribution >= 4 is 17.6 Å². The molecule has 9 nitrogen and oxygen atoms in total. The molecule has 1 saturated heterocycles. The second-order valence-electron chi connectivity index (χ2n) is 9.63. The molecule has 2 aliphatic rings. The lowest BCUT2D eigenvalue weighted by Crippen LogP contribution is -2.35. The topological polar surface area (TPSA) is 107 Å². The zero-order chi connectivity index (χ0) is 27.5. The summed E-state index contributed by atoms with van der Waals surface area (Å²) < 4.78 is 21.8. The van der Waals surface area contributed by atoms with Crippen LogP contribution in [0.1, 0.15) is 35.6 Å². The van der Waals surface area contributed by atoms with Crippen LogP contribution >= 0.6 is 0 Å². The zero-order valence-corrected chi connectivity index (χ0v) is 22.2. The van der Waals surface area contributed by atoms with Gasteiger partial charge in [0.1, 0.15) is 11.5 Å². The average Bonchev–Trinajstić information content (AvgIpc) is 3.57. The van der Waals surface area contributed by atoms with Gasteiger partial charge in [-0.25, -0.2) is 0 Å². The summed E-state index contributed by atoms with van der Waals surface area (Å²) in [6.45, 7) is 2.52. The molecule has 0 aromatic heterocycles. The van der Waals surface area contributed by atoms with Crippen molar-refractivity contribution in [3.05, 3.63) is 77.4 Å². The van der Waals surface area contributed by atoms with Crippen LogP contribution in [-0.4, -0.2) is 56.0 Å². The quantitative estimate of drug-likeness (QED) is 0.416. The van der Waals surface area contributed by atoms with Gasteiger partial charge in [0.25, 0.3) is 0 Å². The number of carbonyl (C=O) groups is 2. The van der Waals surface area contributed by atoms with Crippen molar-refractivity contribution in [2.24, 2.45) is 5.92 Å². The Morgan fingerprint density at radius 1 is 1.00 bits per heavy atom. The predicted octanol–water partition coefficient (Wildman–Crippen LogP) is 4.47. The number of fused-ring (bicyclic) bond motifs is 1. The predicted molar refractivity (Wildman–Crippen MR) is 145 cm³/mol. The molecule has 2 N–H and O–H groups in total. The molecule has 0 unspecified atom stereocenters. The van der Waals surface area contributed by atoms with Crippen molar-refractivity contribution < 1.29 is 33.6 Å². The van der Waals surface area contributed by atoms with Gasteiger partial charge in [0.05, 0.1) is 32.4 Å². The van der Waals surface area contributed by atoms with Gasteiger partial charge in [0, 0.05) is 18.5 Å². The van der Waals surface area contributed by atoms with Crippen LogP contribution < -0.4 is 24.3 Å². The van der Waals surface area contributed by atoms with Crippen molar-refractivity contribution in [1.29, 1.82) is 0 Å². The minimum atomic E-state index is -0.931. The van der Waals surface area contributed by atoms with Gasteiger partial charge in [-0.3, -0.25) is 14.5 Å². The van der Waals surface area contributed by atoms with Gasteiger partial charge >= 0.3 is 5.97 Å². The number of ether oxygens (including phenoxy) is 4. The largest absolute Gasteiger partial charge is 0.497 e. The Morgan fingerprint density at radius 3 is 2.44 bits per heavy atom. The standard InChI is InChI=1S/C30H32N2O7/c1-4-18-6-5-7-24(37-3)28(18)31-26(33)16-32-15-22(20-10-13-23-25(14-20)39-17-38-23)27(30(34)35)29(32)19-8-11-21(36-2)12-9-19/h5-14,22,27,29H,4,15-17H2,1-3H3,(H,31,33)(H,34,35)/t22-,27-,29+/m0/s1. The van der Waals surface area contributed by atoms with E-state index in [1.54, 1.807) is 20.3 Å². The number of methoxy groups -OCH3 is 2. The van der Waals surface area contributed by atoms with Gasteiger partial charge in [-0.05, 0) is 53.4 Å². The minimum Gasteiger partial charge on any atom is -0.497 e. The average molecular weight is 533 g/mol. The number of rotatable bonds is 9. The van der Waals surface area contributed by atoms with E-state index in [-0.39, 0.29) is 25.2 Å². The summed E-state index contributed by atoms with van der Waals surface area (Å²) >= 11 is 0. The van der Waals surface area contributed by atoms with Crippen molar-refractivity contribution in [3.63, 3.8) is 0 Å². The molecule has 3 aromatic rings. The van der Waals surface area contributed by atoms with E-state index in [9.17, 15) is 14.7 Å². The Balaban J connectivity index is 1.49. The molecule has 2 heterocycles. The first-order valence-electron chi connectivity index (χ1n) is 12.9. The first-order valence-corrected chi connectivity index (χ1v) is 12.9. The van der Waals surface area contributed by atoms with E-state index in [1.165, 1.54) is 0 Å². The first-order chi connectivity index (χ1) is 18.9. The fraction of sp³-hybridized carbons (Fsp3) is 0.333. The second kappa shape index (κ2) is 11.2. The number of nitrogens with one attached hydrogen (secondary N) is 1. The molecule has 204 valence electrons. The van der Waals surface area contributed by atoms with Gasteiger partial charge in [0.2, 0.25) is 12.7 Å². The normalized spacial score (nSPS) is 20.0. The highest BCUT2D eigenvalue weighted by Crippen LogP contribution is 2.47. The maximum atomic E-state index is 13.4. The van der Waals surface area contributed by atoms with Crippen molar-refractivity contribution in [1.82, 2.24) is 4.90 Å².